The average Bonchev–Trinajstić information content (AvgIpc) is 2.51. The molecule has 1 rings (SSSR count). The number of hydrogen-bond donors (Lipinski definition) is 1. The van der Waals surface area contributed by atoms with Crippen molar-refractivity contribution in [1.29, 1.82) is 0 Å². The zero-order valence-corrected chi connectivity index (χ0v) is 9.63. The molecule has 0 aromatic rings. The fourth-order valence-electron chi connectivity index (χ4n) is 1.86. The molecule has 90 valence electrons. The molecule has 0 saturated carbocycles. The Morgan fingerprint density at radius 2 is 2.20 bits per heavy atom. The van der Waals surface area contributed by atoms with E-state index >= 15 is 0 Å². The average molecular weight is 242 g/mol. The van der Waals surface area contributed by atoms with E-state index in [2.05, 4.69) is 10.2 Å². The molecule has 1 aliphatic rings. The van der Waals surface area contributed by atoms with Crippen LogP contribution in [0.4, 0.5) is 13.2 Å². The molecule has 0 aromatic carbocycles. The Bertz CT molecular complexity index is 187. The van der Waals surface area contributed by atoms with Gasteiger partial charge >= 0.3 is 5.51 Å². The number of alkyl halides is 3. The molecular weight excluding hydrogens is 225 g/mol. The maximum Gasteiger partial charge on any atom is 0.441 e. The Morgan fingerprint density at radius 1 is 1.47 bits per heavy atom. The van der Waals surface area contributed by atoms with E-state index in [0.29, 0.717) is 12.5 Å². The molecule has 1 N–H and O–H groups in total. The molecule has 1 unspecified atom stereocenters. The number of likely N-dealkylation sites (tertiary alicyclic amines) is 1. The van der Waals surface area contributed by atoms with Crippen molar-refractivity contribution in [1.82, 2.24) is 10.2 Å². The van der Waals surface area contributed by atoms with E-state index in [1.54, 1.807) is 0 Å². The molecule has 0 spiro atoms. The van der Waals surface area contributed by atoms with Crippen LogP contribution in [0.3, 0.4) is 0 Å². The van der Waals surface area contributed by atoms with E-state index in [1.165, 1.54) is 0 Å². The molecule has 0 aliphatic carbocycles. The Labute approximate surface area is 92.6 Å². The van der Waals surface area contributed by atoms with Gasteiger partial charge in [0.25, 0.3) is 0 Å². The number of thioether (sulfide) groups is 1. The minimum Gasteiger partial charge on any atom is -0.319 e. The molecule has 0 radical (unpaired) electrons. The highest BCUT2D eigenvalue weighted by molar-refractivity contribution is 8.00. The van der Waals surface area contributed by atoms with Gasteiger partial charge in [-0.05, 0) is 44.2 Å². The lowest BCUT2D eigenvalue weighted by atomic mass is 10.1. The summed E-state index contributed by atoms with van der Waals surface area (Å²) in [5.74, 6) is 0.751. The van der Waals surface area contributed by atoms with Gasteiger partial charge in [0, 0.05) is 18.8 Å². The third kappa shape index (κ3) is 5.63. The van der Waals surface area contributed by atoms with E-state index < -0.39 is 5.51 Å². The largest absolute Gasteiger partial charge is 0.441 e. The maximum atomic E-state index is 11.9. The molecule has 0 aromatic heterocycles. The van der Waals surface area contributed by atoms with Gasteiger partial charge in [-0.2, -0.15) is 13.2 Å². The molecule has 6 heteroatoms. The van der Waals surface area contributed by atoms with Gasteiger partial charge < -0.3 is 10.2 Å². The minimum atomic E-state index is -4.08. The van der Waals surface area contributed by atoms with Crippen molar-refractivity contribution in [3.05, 3.63) is 0 Å². The fourth-order valence-corrected chi connectivity index (χ4v) is 2.44. The van der Waals surface area contributed by atoms with Crippen LogP contribution >= 0.6 is 11.8 Å². The van der Waals surface area contributed by atoms with Gasteiger partial charge in [-0.1, -0.05) is 0 Å². The van der Waals surface area contributed by atoms with Gasteiger partial charge in [-0.3, -0.25) is 0 Å². The Morgan fingerprint density at radius 3 is 2.80 bits per heavy atom. The summed E-state index contributed by atoms with van der Waals surface area (Å²) in [6.45, 7) is 3.37. The SMILES string of the molecule is CNCC1CCN(CCSC(F)(F)F)C1. The highest BCUT2D eigenvalue weighted by Gasteiger charge is 2.29. The van der Waals surface area contributed by atoms with E-state index in [-0.39, 0.29) is 17.5 Å². The first-order chi connectivity index (χ1) is 7.01. The smallest absolute Gasteiger partial charge is 0.319 e. The number of rotatable bonds is 5. The van der Waals surface area contributed by atoms with Crippen molar-refractivity contribution in [2.45, 2.75) is 11.9 Å². The van der Waals surface area contributed by atoms with Gasteiger partial charge in [-0.15, -0.1) is 0 Å². The summed E-state index contributed by atoms with van der Waals surface area (Å²) in [5.41, 5.74) is -4.08. The number of hydrogen-bond acceptors (Lipinski definition) is 3. The van der Waals surface area contributed by atoms with E-state index in [1.807, 2.05) is 7.05 Å². The second-order valence-electron chi connectivity index (χ2n) is 3.81. The van der Waals surface area contributed by atoms with Crippen LogP contribution in [0.2, 0.25) is 0 Å². The Kier molecular flexibility index (Phi) is 5.22. The summed E-state index contributed by atoms with van der Waals surface area (Å²) in [6, 6.07) is 0. The van der Waals surface area contributed by atoms with E-state index in [0.717, 1.165) is 26.1 Å². The topological polar surface area (TPSA) is 15.3 Å². The number of halogens is 3. The second-order valence-corrected chi connectivity index (χ2v) is 4.97. The second kappa shape index (κ2) is 5.96. The van der Waals surface area contributed by atoms with Crippen LogP contribution in [0.5, 0.6) is 0 Å². The van der Waals surface area contributed by atoms with Gasteiger partial charge in [0.2, 0.25) is 0 Å². The highest BCUT2D eigenvalue weighted by Crippen LogP contribution is 2.30. The van der Waals surface area contributed by atoms with Crippen molar-refractivity contribution >= 4 is 11.8 Å². The summed E-state index contributed by atoms with van der Waals surface area (Å²) >= 11 is 0.0777. The molecule has 2 nitrogen and oxygen atoms in total. The first-order valence-corrected chi connectivity index (χ1v) is 6.07. The molecule has 15 heavy (non-hydrogen) atoms. The lowest BCUT2D eigenvalue weighted by molar-refractivity contribution is -0.0328. The standard InChI is InChI=1S/C9H17F3N2S/c1-13-6-8-2-3-14(7-8)4-5-15-9(10,11)12/h8,13H,2-7H2,1H3. The molecule has 1 saturated heterocycles. The van der Waals surface area contributed by atoms with Crippen LogP contribution in [0.15, 0.2) is 0 Å². The predicted molar refractivity (Wildman–Crippen MR) is 57.0 cm³/mol. The van der Waals surface area contributed by atoms with Gasteiger partial charge in [0.05, 0.1) is 0 Å². The van der Waals surface area contributed by atoms with Crippen LogP contribution in [-0.4, -0.2) is 49.4 Å². The monoisotopic (exact) mass is 242 g/mol. The Balaban J connectivity index is 2.09. The molecule has 0 bridgehead atoms. The molecule has 1 aliphatic heterocycles. The van der Waals surface area contributed by atoms with Gasteiger partial charge in [-0.25, -0.2) is 0 Å². The van der Waals surface area contributed by atoms with E-state index in [9.17, 15) is 13.2 Å². The van der Waals surface area contributed by atoms with Crippen molar-refractivity contribution in [3.63, 3.8) is 0 Å². The van der Waals surface area contributed by atoms with Crippen LogP contribution < -0.4 is 5.32 Å². The Hall–Kier alpha value is 0.0600. The maximum absolute atomic E-state index is 11.9. The normalized spacial score (nSPS) is 23.6. The third-order valence-corrected chi connectivity index (χ3v) is 3.25. The summed E-state index contributed by atoms with van der Waals surface area (Å²) in [4.78, 5) is 2.11. The highest BCUT2D eigenvalue weighted by atomic mass is 32.2. The summed E-state index contributed by atoms with van der Waals surface area (Å²) in [6.07, 6.45) is 1.09. The van der Waals surface area contributed by atoms with Crippen molar-refractivity contribution in [3.8, 4) is 0 Å². The fraction of sp³-hybridized carbons (Fsp3) is 1.00. The quantitative estimate of drug-likeness (QED) is 0.791. The van der Waals surface area contributed by atoms with Crippen LogP contribution in [0.1, 0.15) is 6.42 Å². The van der Waals surface area contributed by atoms with Gasteiger partial charge in [0.15, 0.2) is 0 Å². The number of nitrogens with one attached hydrogen (secondary N) is 1. The zero-order chi connectivity index (χ0) is 11.3. The number of nitrogens with zero attached hydrogens (tertiary/aromatic N) is 1. The molecule has 1 atom stereocenters. The lowest BCUT2D eigenvalue weighted by Crippen LogP contribution is -2.26. The van der Waals surface area contributed by atoms with Crippen LogP contribution in [0, 0.1) is 5.92 Å². The van der Waals surface area contributed by atoms with Crippen molar-refractivity contribution in [2.24, 2.45) is 5.92 Å². The molecular formula is C9H17F3N2S. The third-order valence-electron chi connectivity index (χ3n) is 2.54. The zero-order valence-electron chi connectivity index (χ0n) is 8.81. The van der Waals surface area contributed by atoms with Crippen LogP contribution in [-0.2, 0) is 0 Å². The van der Waals surface area contributed by atoms with E-state index in [4.69, 9.17) is 0 Å². The summed E-state index contributed by atoms with van der Waals surface area (Å²) in [7, 11) is 1.90. The van der Waals surface area contributed by atoms with Crippen molar-refractivity contribution in [2.75, 3.05) is 39.0 Å². The summed E-state index contributed by atoms with van der Waals surface area (Å²) < 4.78 is 35.6. The first kappa shape index (κ1) is 13.1. The first-order valence-electron chi connectivity index (χ1n) is 5.09. The minimum absolute atomic E-state index is 0.0777. The predicted octanol–water partition coefficient (Wildman–Crippen LogP) is 1.78. The van der Waals surface area contributed by atoms with Crippen LogP contribution in [0.25, 0.3) is 0 Å². The van der Waals surface area contributed by atoms with Gasteiger partial charge in [0.1, 0.15) is 0 Å². The molecule has 1 heterocycles. The molecule has 0 amide bonds. The van der Waals surface area contributed by atoms with Crippen molar-refractivity contribution < 1.29 is 13.2 Å². The summed E-state index contributed by atoms with van der Waals surface area (Å²) in [5, 5.41) is 3.10. The lowest BCUT2D eigenvalue weighted by Gasteiger charge is -2.16. The molecule has 1 fully saturated rings.